The fourth-order valence-corrected chi connectivity index (χ4v) is 0. The fraction of sp³-hybridized carbons (Fsp3) is 0.500. The number of hydrogen-bond acceptors (Lipinski definition) is 3. The van der Waals surface area contributed by atoms with Gasteiger partial charge in [-0.1, -0.05) is 12.2 Å². The van der Waals surface area contributed by atoms with E-state index >= 15 is 0 Å². The van der Waals surface area contributed by atoms with Crippen molar-refractivity contribution in [3.8, 4) is 0 Å². The van der Waals surface area contributed by atoms with Crippen molar-refractivity contribution in [2.45, 2.75) is 6.17 Å². The molecule has 6 heavy (non-hydrogen) atoms. The smallest absolute Gasteiger partial charge is 0.104 e. The lowest BCUT2D eigenvalue weighted by molar-refractivity contribution is 0.927. The Morgan fingerprint density at radius 3 is 1.67 bits per heavy atom. The van der Waals surface area contributed by atoms with Crippen LogP contribution in [0.1, 0.15) is 0 Å². The van der Waals surface area contributed by atoms with Crippen LogP contribution >= 0.6 is 12.2 Å². The molecule has 0 fully saturated rings. The molecule has 0 saturated carbocycles. The summed E-state index contributed by atoms with van der Waals surface area (Å²) in [4.78, 5) is 0.148. The van der Waals surface area contributed by atoms with Crippen molar-refractivity contribution < 1.29 is 0 Å². The van der Waals surface area contributed by atoms with Crippen LogP contribution in [0.5, 0.6) is 0 Å². The molecule has 0 aliphatic carbocycles. The summed E-state index contributed by atoms with van der Waals surface area (Å²) in [6.07, 6.45) is -0.639. The highest BCUT2D eigenvalue weighted by Crippen LogP contribution is 1.60. The molecule has 3 nitrogen and oxygen atoms in total. The molecular formula is C2H7N3S. The number of rotatable bonds is 1. The normalized spacial score (nSPS) is 9.17. The molecule has 0 rings (SSSR count). The zero-order valence-corrected chi connectivity index (χ0v) is 4.03. The second-order valence-corrected chi connectivity index (χ2v) is 1.40. The molecule has 4 heteroatoms. The molecule has 0 aromatic carbocycles. The van der Waals surface area contributed by atoms with Gasteiger partial charge < -0.3 is 17.2 Å². The van der Waals surface area contributed by atoms with Crippen LogP contribution < -0.4 is 17.2 Å². The van der Waals surface area contributed by atoms with Gasteiger partial charge >= 0.3 is 0 Å². The third-order valence-electron chi connectivity index (χ3n) is 0.329. The van der Waals surface area contributed by atoms with E-state index in [1.165, 1.54) is 0 Å². The zero-order chi connectivity index (χ0) is 5.15. The summed E-state index contributed by atoms with van der Waals surface area (Å²) in [5.74, 6) is 0. The van der Waals surface area contributed by atoms with E-state index in [2.05, 4.69) is 12.2 Å². The molecule has 0 heterocycles. The van der Waals surface area contributed by atoms with Gasteiger partial charge in [0.05, 0.1) is 0 Å². The number of nitrogens with two attached hydrogens (primary N) is 3. The lowest BCUT2D eigenvalue weighted by Crippen LogP contribution is -2.42. The molecule has 0 unspecified atom stereocenters. The molecule has 0 bridgehead atoms. The largest absolute Gasteiger partial charge is 0.391 e. The summed E-state index contributed by atoms with van der Waals surface area (Å²) in [5.41, 5.74) is 14.8. The van der Waals surface area contributed by atoms with Gasteiger partial charge in [-0.15, -0.1) is 0 Å². The zero-order valence-electron chi connectivity index (χ0n) is 3.22. The van der Waals surface area contributed by atoms with E-state index in [-0.39, 0.29) is 4.99 Å². The van der Waals surface area contributed by atoms with Crippen molar-refractivity contribution in [2.75, 3.05) is 0 Å². The first-order valence-corrected chi connectivity index (χ1v) is 1.86. The first-order valence-electron chi connectivity index (χ1n) is 1.45. The first kappa shape index (κ1) is 5.81. The average Bonchev–Trinajstić information content (AvgIpc) is 1.36. The van der Waals surface area contributed by atoms with Crippen molar-refractivity contribution in [1.82, 2.24) is 0 Å². The monoisotopic (exact) mass is 105 g/mol. The van der Waals surface area contributed by atoms with E-state index in [9.17, 15) is 0 Å². The molecule has 0 aliphatic heterocycles. The summed E-state index contributed by atoms with van der Waals surface area (Å²) in [6, 6.07) is 0. The van der Waals surface area contributed by atoms with Crippen LogP contribution in [0.15, 0.2) is 0 Å². The first-order chi connectivity index (χ1) is 2.64. The van der Waals surface area contributed by atoms with Gasteiger partial charge in [0, 0.05) is 0 Å². The van der Waals surface area contributed by atoms with E-state index in [4.69, 9.17) is 17.2 Å². The quantitative estimate of drug-likeness (QED) is 0.280. The maximum absolute atomic E-state index is 4.95. The SMILES string of the molecule is NC(=S)C(N)N. The predicted molar refractivity (Wildman–Crippen MR) is 28.9 cm³/mol. The lowest BCUT2D eigenvalue weighted by atomic mass is 10.6. The molecule has 0 spiro atoms. The van der Waals surface area contributed by atoms with Crippen molar-refractivity contribution in [2.24, 2.45) is 17.2 Å². The Morgan fingerprint density at radius 2 is 1.67 bits per heavy atom. The van der Waals surface area contributed by atoms with Crippen molar-refractivity contribution in [1.29, 1.82) is 0 Å². The molecule has 0 aliphatic rings. The summed E-state index contributed by atoms with van der Waals surface area (Å²) in [7, 11) is 0. The summed E-state index contributed by atoms with van der Waals surface area (Å²) < 4.78 is 0. The molecule has 0 amide bonds. The lowest BCUT2D eigenvalue weighted by Gasteiger charge is -1.96. The van der Waals surface area contributed by atoms with Gasteiger partial charge in [0.25, 0.3) is 0 Å². The van der Waals surface area contributed by atoms with Gasteiger partial charge in [0.1, 0.15) is 11.2 Å². The number of hydrogen-bond donors (Lipinski definition) is 3. The molecule has 0 radical (unpaired) electrons. The molecule has 0 saturated heterocycles. The Hall–Kier alpha value is -0.190. The standard InChI is InChI=1S/C2H7N3S/c3-1(4)2(5)6/h1H,3-4H2,(H2,5,6). The van der Waals surface area contributed by atoms with E-state index in [1.807, 2.05) is 0 Å². The highest BCUT2D eigenvalue weighted by Gasteiger charge is 1.91. The average molecular weight is 105 g/mol. The summed E-state index contributed by atoms with van der Waals surface area (Å²) in [5, 5.41) is 0. The van der Waals surface area contributed by atoms with Gasteiger partial charge in [-0.05, 0) is 0 Å². The van der Waals surface area contributed by atoms with Crippen LogP contribution in [0.2, 0.25) is 0 Å². The fourth-order valence-electron chi connectivity index (χ4n) is 0. The highest BCUT2D eigenvalue weighted by molar-refractivity contribution is 7.80. The van der Waals surface area contributed by atoms with Crippen molar-refractivity contribution >= 4 is 17.2 Å². The Bertz CT molecular complexity index is 59.8. The minimum atomic E-state index is -0.639. The Morgan fingerprint density at radius 1 is 1.50 bits per heavy atom. The highest BCUT2D eigenvalue weighted by atomic mass is 32.1. The Labute approximate surface area is 41.5 Å². The maximum Gasteiger partial charge on any atom is 0.104 e. The van der Waals surface area contributed by atoms with E-state index in [1.54, 1.807) is 0 Å². The van der Waals surface area contributed by atoms with Crippen molar-refractivity contribution in [3.05, 3.63) is 0 Å². The van der Waals surface area contributed by atoms with E-state index < -0.39 is 6.17 Å². The van der Waals surface area contributed by atoms with Crippen LogP contribution in [0, 0.1) is 0 Å². The second-order valence-electron chi connectivity index (χ2n) is 0.928. The molecule has 36 valence electrons. The molecule has 6 N–H and O–H groups in total. The van der Waals surface area contributed by atoms with Gasteiger partial charge in [0.15, 0.2) is 0 Å². The predicted octanol–water partition coefficient (Wildman–Crippen LogP) is -1.48. The Balaban J connectivity index is 3.26. The second kappa shape index (κ2) is 2.07. The van der Waals surface area contributed by atoms with Gasteiger partial charge in [-0.3, -0.25) is 0 Å². The van der Waals surface area contributed by atoms with Crippen LogP contribution in [0.4, 0.5) is 0 Å². The van der Waals surface area contributed by atoms with Gasteiger partial charge in [0.2, 0.25) is 0 Å². The van der Waals surface area contributed by atoms with Crippen LogP contribution in [-0.4, -0.2) is 11.2 Å². The van der Waals surface area contributed by atoms with Gasteiger partial charge in [-0.2, -0.15) is 0 Å². The van der Waals surface area contributed by atoms with E-state index in [0.717, 1.165) is 0 Å². The third-order valence-corrected chi connectivity index (χ3v) is 0.601. The summed E-state index contributed by atoms with van der Waals surface area (Å²) >= 11 is 4.35. The molecule has 0 atom stereocenters. The van der Waals surface area contributed by atoms with Crippen LogP contribution in [0.3, 0.4) is 0 Å². The minimum Gasteiger partial charge on any atom is -0.391 e. The van der Waals surface area contributed by atoms with Gasteiger partial charge in [-0.25, -0.2) is 0 Å². The topological polar surface area (TPSA) is 78.1 Å². The van der Waals surface area contributed by atoms with Crippen LogP contribution in [0.25, 0.3) is 0 Å². The van der Waals surface area contributed by atoms with Crippen LogP contribution in [-0.2, 0) is 0 Å². The maximum atomic E-state index is 4.95. The third kappa shape index (κ3) is 2.07. The minimum absolute atomic E-state index is 0.148. The van der Waals surface area contributed by atoms with Crippen molar-refractivity contribution in [3.63, 3.8) is 0 Å². The molecule has 0 aromatic heterocycles. The summed E-state index contributed by atoms with van der Waals surface area (Å²) in [6.45, 7) is 0. The molecular weight excluding hydrogens is 98.1 g/mol. The van der Waals surface area contributed by atoms with E-state index in [0.29, 0.717) is 0 Å². The number of thiocarbonyl (C=S) groups is 1. The Kier molecular flexibility index (Phi) is 2.00. The molecule has 0 aromatic rings.